The first-order valence-electron chi connectivity index (χ1n) is 18.8. The van der Waals surface area contributed by atoms with Gasteiger partial charge >= 0.3 is 6.18 Å². The molecule has 3 nitrogen and oxygen atoms in total. The molecule has 0 unspecified atom stereocenters. The molecule has 0 saturated heterocycles. The molecule has 0 atom stereocenters. The van der Waals surface area contributed by atoms with Crippen LogP contribution >= 0.6 is 22.7 Å². The lowest BCUT2D eigenvalue weighted by atomic mass is 9.97. The Bertz CT molecular complexity index is 3760. The van der Waals surface area contributed by atoms with Crippen LogP contribution in [-0.2, 0) is 6.18 Å². The molecule has 0 aliphatic rings. The minimum absolute atomic E-state index is 0.0281. The highest BCUT2D eigenvalue weighted by Crippen LogP contribution is 2.49. The second kappa shape index (κ2) is 12.0. The van der Waals surface area contributed by atoms with E-state index in [0.717, 1.165) is 78.4 Å². The fraction of sp³-hybridized carbons (Fsp3) is 0.0200. The van der Waals surface area contributed by atoms with Gasteiger partial charge in [0.1, 0.15) is 0 Å². The molecule has 8 heteroatoms. The third kappa shape index (κ3) is 4.60. The molecular formula is C50H26F3N3S2. The van der Waals surface area contributed by atoms with Crippen LogP contribution in [-0.4, -0.2) is 9.13 Å². The zero-order valence-corrected chi connectivity index (χ0v) is 31.9. The SMILES string of the molecule is [C-]#[N+]c1cccc(-c2cc(-n3c4ccccc4c4ccc5sc6ccccc6c5c43)c(C(F)(F)F)cc2-n2c3ccccc3c3ccc4sc5ccccc5c4c32)c1. The van der Waals surface area contributed by atoms with Crippen molar-refractivity contribution in [2.24, 2.45) is 0 Å². The van der Waals surface area contributed by atoms with E-state index >= 15 is 13.2 Å². The second-order valence-electron chi connectivity index (χ2n) is 14.6. The highest BCUT2D eigenvalue weighted by Gasteiger charge is 2.37. The maximum Gasteiger partial charge on any atom is 0.418 e. The van der Waals surface area contributed by atoms with Gasteiger partial charge in [0, 0.05) is 67.5 Å². The number of nitrogens with zero attached hydrogens (tertiary/aromatic N) is 3. The Hall–Kier alpha value is -6.92. The lowest BCUT2D eigenvalue weighted by molar-refractivity contribution is -0.137. The van der Waals surface area contributed by atoms with Crippen LogP contribution in [0.4, 0.5) is 18.9 Å². The monoisotopic (exact) mass is 789 g/mol. The molecule has 4 aromatic heterocycles. The summed E-state index contributed by atoms with van der Waals surface area (Å²) in [6.07, 6.45) is -4.74. The third-order valence-electron chi connectivity index (χ3n) is 11.5. The Morgan fingerprint density at radius 3 is 1.53 bits per heavy atom. The van der Waals surface area contributed by atoms with E-state index in [1.54, 1.807) is 40.9 Å². The van der Waals surface area contributed by atoms with Gasteiger partial charge in [-0.1, -0.05) is 103 Å². The van der Waals surface area contributed by atoms with Crippen molar-refractivity contribution >= 4 is 112 Å². The first kappa shape index (κ1) is 33.2. The topological polar surface area (TPSA) is 14.2 Å². The number of para-hydroxylation sites is 2. The zero-order valence-electron chi connectivity index (χ0n) is 30.3. The molecule has 12 rings (SSSR count). The summed E-state index contributed by atoms with van der Waals surface area (Å²) in [6, 6.07) is 50.6. The van der Waals surface area contributed by atoms with E-state index in [9.17, 15) is 0 Å². The summed E-state index contributed by atoms with van der Waals surface area (Å²) < 4.78 is 56.7. The highest BCUT2D eigenvalue weighted by atomic mass is 32.1. The fourth-order valence-electron chi connectivity index (χ4n) is 9.18. The summed E-state index contributed by atoms with van der Waals surface area (Å²) in [5, 5.41) is 7.65. The van der Waals surface area contributed by atoms with Crippen molar-refractivity contribution in [3.8, 4) is 22.5 Å². The summed E-state index contributed by atoms with van der Waals surface area (Å²) in [7, 11) is 0. The van der Waals surface area contributed by atoms with Gasteiger partial charge in [0.25, 0.3) is 0 Å². The van der Waals surface area contributed by atoms with Crippen molar-refractivity contribution in [2.45, 2.75) is 6.18 Å². The maximum absolute atomic E-state index is 16.2. The van der Waals surface area contributed by atoms with Crippen molar-refractivity contribution < 1.29 is 13.2 Å². The molecule has 0 spiro atoms. The summed E-state index contributed by atoms with van der Waals surface area (Å²) in [4.78, 5) is 3.75. The van der Waals surface area contributed by atoms with Crippen LogP contribution in [0.2, 0.25) is 0 Å². The molecule has 58 heavy (non-hydrogen) atoms. The predicted octanol–water partition coefficient (Wildman–Crippen LogP) is 15.9. The van der Waals surface area contributed by atoms with Crippen LogP contribution in [0.5, 0.6) is 0 Å². The summed E-state index contributed by atoms with van der Waals surface area (Å²) in [5.74, 6) is 0. The van der Waals surface area contributed by atoms with E-state index < -0.39 is 11.7 Å². The van der Waals surface area contributed by atoms with E-state index in [4.69, 9.17) is 6.57 Å². The van der Waals surface area contributed by atoms with Crippen molar-refractivity contribution in [3.05, 3.63) is 175 Å². The molecule has 8 aromatic carbocycles. The van der Waals surface area contributed by atoms with Crippen LogP contribution in [0.25, 0.3) is 111 Å². The number of aromatic nitrogens is 2. The molecule has 0 amide bonds. The zero-order chi connectivity index (χ0) is 38.9. The summed E-state index contributed by atoms with van der Waals surface area (Å²) in [6.45, 7) is 7.91. The van der Waals surface area contributed by atoms with Gasteiger partial charge in [-0.2, -0.15) is 13.2 Å². The minimum Gasteiger partial charge on any atom is -0.308 e. The lowest BCUT2D eigenvalue weighted by Crippen LogP contribution is -2.13. The standard InChI is InChI=1S/C50H26F3N3S2/c1-54-29-12-10-11-28(25-29)36-26-41(56-39-18-7-3-14-31(39)33-22-24-45-47(49(33)56)35-16-5-9-20-43(35)58-45)37(50(51,52)53)27-40(36)55-38-17-6-2-13-30(38)32-21-23-44-46(48(32)55)34-15-4-8-19-42(34)57-44/h2-27H. The number of rotatable bonds is 3. The molecule has 0 saturated carbocycles. The normalized spacial score (nSPS) is 12.4. The van der Waals surface area contributed by atoms with Gasteiger partial charge in [-0.25, -0.2) is 4.85 Å². The Morgan fingerprint density at radius 2 is 0.983 bits per heavy atom. The summed E-state index contributed by atoms with van der Waals surface area (Å²) in [5.41, 5.74) is 4.37. The third-order valence-corrected chi connectivity index (χ3v) is 13.8. The predicted molar refractivity (Wildman–Crippen MR) is 238 cm³/mol. The Labute approximate surface area is 336 Å². The number of fused-ring (bicyclic) bond motifs is 14. The average molecular weight is 790 g/mol. The molecule has 0 radical (unpaired) electrons. The van der Waals surface area contributed by atoms with Crippen LogP contribution in [0, 0.1) is 6.57 Å². The first-order chi connectivity index (χ1) is 28.4. The molecule has 274 valence electrons. The van der Waals surface area contributed by atoms with E-state index in [0.29, 0.717) is 28.0 Å². The van der Waals surface area contributed by atoms with Gasteiger partial charge in [0.05, 0.1) is 45.6 Å². The number of benzene rings is 8. The number of thiophene rings is 2. The molecule has 0 aliphatic carbocycles. The van der Waals surface area contributed by atoms with Crippen molar-refractivity contribution in [1.82, 2.24) is 9.13 Å². The van der Waals surface area contributed by atoms with Gasteiger partial charge in [0.15, 0.2) is 5.69 Å². The van der Waals surface area contributed by atoms with Gasteiger partial charge in [-0.3, -0.25) is 0 Å². The van der Waals surface area contributed by atoms with Gasteiger partial charge in [-0.15, -0.1) is 22.7 Å². The Balaban J connectivity index is 1.30. The van der Waals surface area contributed by atoms with Crippen LogP contribution in [0.15, 0.2) is 158 Å². The van der Waals surface area contributed by atoms with Gasteiger partial charge < -0.3 is 9.13 Å². The Kier molecular flexibility index (Phi) is 6.90. The van der Waals surface area contributed by atoms with Gasteiger partial charge in [0.2, 0.25) is 0 Å². The molecule has 0 aliphatic heterocycles. The molecule has 0 fully saturated rings. The number of hydrogen-bond acceptors (Lipinski definition) is 2. The second-order valence-corrected chi connectivity index (χ2v) is 16.8. The lowest BCUT2D eigenvalue weighted by Gasteiger charge is -2.22. The smallest absolute Gasteiger partial charge is 0.308 e. The van der Waals surface area contributed by atoms with E-state index in [1.807, 2.05) is 100 Å². The quantitative estimate of drug-likeness (QED) is 0.158. The maximum atomic E-state index is 16.2. The molecule has 0 N–H and O–H groups in total. The molecular weight excluding hydrogens is 764 g/mol. The van der Waals surface area contributed by atoms with Crippen molar-refractivity contribution in [2.75, 3.05) is 0 Å². The number of hydrogen-bond donors (Lipinski definition) is 0. The first-order valence-corrected chi connectivity index (χ1v) is 20.4. The van der Waals surface area contributed by atoms with E-state index in [2.05, 4.69) is 47.3 Å². The molecule has 12 aromatic rings. The van der Waals surface area contributed by atoms with Gasteiger partial charge in [-0.05, 0) is 60.2 Å². The molecule has 0 bridgehead atoms. The number of halogens is 3. The van der Waals surface area contributed by atoms with E-state index in [1.165, 1.54) is 6.07 Å². The van der Waals surface area contributed by atoms with Crippen LogP contribution < -0.4 is 0 Å². The fourth-order valence-corrected chi connectivity index (χ4v) is 11.4. The average Bonchev–Trinajstić information content (AvgIpc) is 4.00. The van der Waals surface area contributed by atoms with Crippen molar-refractivity contribution in [1.29, 1.82) is 0 Å². The minimum atomic E-state index is -4.74. The van der Waals surface area contributed by atoms with Crippen LogP contribution in [0.1, 0.15) is 5.56 Å². The van der Waals surface area contributed by atoms with Crippen molar-refractivity contribution in [3.63, 3.8) is 0 Å². The largest absolute Gasteiger partial charge is 0.418 e. The van der Waals surface area contributed by atoms with E-state index in [-0.39, 0.29) is 5.69 Å². The highest BCUT2D eigenvalue weighted by molar-refractivity contribution is 7.26. The summed E-state index contributed by atoms with van der Waals surface area (Å²) >= 11 is 3.32. The Morgan fingerprint density at radius 1 is 0.466 bits per heavy atom. The number of alkyl halides is 3. The van der Waals surface area contributed by atoms with Crippen LogP contribution in [0.3, 0.4) is 0 Å². The molecule has 4 heterocycles.